The second kappa shape index (κ2) is 13.0. The van der Waals surface area contributed by atoms with Gasteiger partial charge in [-0.05, 0) is 31.6 Å². The molecule has 0 N–H and O–H groups in total. The van der Waals surface area contributed by atoms with E-state index in [0.29, 0.717) is 5.91 Å². The van der Waals surface area contributed by atoms with Crippen molar-refractivity contribution in [3.8, 4) is 0 Å². The van der Waals surface area contributed by atoms with Crippen LogP contribution in [0, 0.1) is 5.41 Å². The van der Waals surface area contributed by atoms with Gasteiger partial charge in [-0.3, -0.25) is 4.79 Å². The SMILES string of the molecule is CCCCCCC(C)(CCCCC)CC(=O)N(CC)CCC. The highest BCUT2D eigenvalue weighted by atomic mass is 16.2. The first-order valence-corrected chi connectivity index (χ1v) is 9.80. The van der Waals surface area contributed by atoms with E-state index < -0.39 is 0 Å². The summed E-state index contributed by atoms with van der Waals surface area (Å²) in [5, 5.41) is 0. The van der Waals surface area contributed by atoms with Crippen LogP contribution < -0.4 is 0 Å². The topological polar surface area (TPSA) is 20.3 Å². The quantitative estimate of drug-likeness (QED) is 0.350. The van der Waals surface area contributed by atoms with Gasteiger partial charge in [0.25, 0.3) is 0 Å². The molecule has 0 aromatic rings. The third kappa shape index (κ3) is 9.48. The minimum Gasteiger partial charge on any atom is -0.343 e. The van der Waals surface area contributed by atoms with Crippen LogP contribution in [0.1, 0.15) is 105 Å². The van der Waals surface area contributed by atoms with E-state index in [2.05, 4.69) is 34.6 Å². The fraction of sp³-hybridized carbons (Fsp3) is 0.950. The van der Waals surface area contributed by atoms with Crippen LogP contribution in [0.15, 0.2) is 0 Å². The summed E-state index contributed by atoms with van der Waals surface area (Å²) in [6, 6.07) is 0. The van der Waals surface area contributed by atoms with Crippen molar-refractivity contribution in [3.63, 3.8) is 0 Å². The maximum absolute atomic E-state index is 12.6. The molecule has 1 unspecified atom stereocenters. The molecule has 1 amide bonds. The predicted octanol–water partition coefficient (Wildman–Crippen LogP) is 6.19. The monoisotopic (exact) mass is 311 g/mol. The molecule has 0 aliphatic heterocycles. The molecule has 0 aliphatic rings. The molecular weight excluding hydrogens is 270 g/mol. The summed E-state index contributed by atoms with van der Waals surface area (Å²) in [6.07, 6.45) is 13.3. The van der Waals surface area contributed by atoms with Gasteiger partial charge in [0.15, 0.2) is 0 Å². The van der Waals surface area contributed by atoms with Crippen molar-refractivity contribution >= 4 is 5.91 Å². The first kappa shape index (κ1) is 21.5. The number of carbonyl (C=O) groups is 1. The lowest BCUT2D eigenvalue weighted by atomic mass is 9.76. The van der Waals surface area contributed by atoms with E-state index in [9.17, 15) is 4.79 Å². The highest BCUT2D eigenvalue weighted by molar-refractivity contribution is 5.76. The smallest absolute Gasteiger partial charge is 0.223 e. The second-order valence-electron chi connectivity index (χ2n) is 7.23. The molecule has 0 rings (SSSR count). The van der Waals surface area contributed by atoms with Gasteiger partial charge in [-0.2, -0.15) is 0 Å². The summed E-state index contributed by atoms with van der Waals surface area (Å²) in [6.45, 7) is 12.9. The minimum atomic E-state index is 0.209. The van der Waals surface area contributed by atoms with Gasteiger partial charge >= 0.3 is 0 Å². The van der Waals surface area contributed by atoms with Crippen LogP contribution in [0.5, 0.6) is 0 Å². The van der Waals surface area contributed by atoms with Crippen LogP contribution in [0.2, 0.25) is 0 Å². The molecule has 0 aliphatic carbocycles. The average molecular weight is 312 g/mol. The van der Waals surface area contributed by atoms with Gasteiger partial charge < -0.3 is 4.90 Å². The Kier molecular flexibility index (Phi) is 12.6. The number of rotatable bonds is 14. The molecule has 0 bridgehead atoms. The van der Waals surface area contributed by atoms with E-state index in [4.69, 9.17) is 0 Å². The lowest BCUT2D eigenvalue weighted by Gasteiger charge is -2.32. The molecule has 0 saturated heterocycles. The summed E-state index contributed by atoms with van der Waals surface area (Å²) in [7, 11) is 0. The number of amides is 1. The van der Waals surface area contributed by atoms with Crippen LogP contribution in [0.25, 0.3) is 0 Å². The highest BCUT2D eigenvalue weighted by Crippen LogP contribution is 2.35. The summed E-state index contributed by atoms with van der Waals surface area (Å²) >= 11 is 0. The minimum absolute atomic E-state index is 0.209. The molecule has 22 heavy (non-hydrogen) atoms. The fourth-order valence-corrected chi connectivity index (χ4v) is 3.29. The molecule has 0 spiro atoms. The maximum Gasteiger partial charge on any atom is 0.223 e. The van der Waals surface area contributed by atoms with E-state index in [-0.39, 0.29) is 5.41 Å². The Morgan fingerprint density at radius 1 is 0.818 bits per heavy atom. The number of hydrogen-bond acceptors (Lipinski definition) is 1. The first-order chi connectivity index (χ1) is 10.5. The maximum atomic E-state index is 12.6. The van der Waals surface area contributed by atoms with Gasteiger partial charge in [-0.15, -0.1) is 0 Å². The molecule has 132 valence electrons. The van der Waals surface area contributed by atoms with Crippen LogP contribution in [0.4, 0.5) is 0 Å². The second-order valence-corrected chi connectivity index (χ2v) is 7.23. The predicted molar refractivity (Wildman–Crippen MR) is 98.2 cm³/mol. The van der Waals surface area contributed by atoms with Crippen LogP contribution in [-0.2, 0) is 4.79 Å². The molecule has 1 atom stereocenters. The van der Waals surface area contributed by atoms with Gasteiger partial charge in [0.1, 0.15) is 0 Å². The molecule has 2 heteroatoms. The Morgan fingerprint density at radius 2 is 1.36 bits per heavy atom. The van der Waals surface area contributed by atoms with E-state index in [1.54, 1.807) is 0 Å². The van der Waals surface area contributed by atoms with Crippen molar-refractivity contribution < 1.29 is 4.79 Å². The molecule has 0 saturated carbocycles. The lowest BCUT2D eigenvalue weighted by molar-refractivity contribution is -0.133. The standard InChI is InChI=1S/C20H41NO/c1-6-10-12-14-16-20(5,15-13-11-7-2)18-19(22)21(9-4)17-8-3/h6-18H2,1-5H3. The Labute approximate surface area is 140 Å². The van der Waals surface area contributed by atoms with Gasteiger partial charge in [0, 0.05) is 19.5 Å². The first-order valence-electron chi connectivity index (χ1n) is 9.80. The molecule has 0 fully saturated rings. The molecular formula is C20H41NO. The van der Waals surface area contributed by atoms with Crippen molar-refractivity contribution in [1.82, 2.24) is 4.90 Å². The Hall–Kier alpha value is -0.530. The third-order valence-electron chi connectivity index (χ3n) is 4.82. The van der Waals surface area contributed by atoms with Crippen LogP contribution >= 0.6 is 0 Å². The Morgan fingerprint density at radius 3 is 1.86 bits per heavy atom. The number of hydrogen-bond donors (Lipinski definition) is 0. The van der Waals surface area contributed by atoms with Crippen molar-refractivity contribution in [2.24, 2.45) is 5.41 Å². The van der Waals surface area contributed by atoms with Gasteiger partial charge in [-0.25, -0.2) is 0 Å². The lowest BCUT2D eigenvalue weighted by Crippen LogP contribution is -2.35. The van der Waals surface area contributed by atoms with Gasteiger partial charge in [0.2, 0.25) is 5.91 Å². The van der Waals surface area contributed by atoms with Crippen molar-refractivity contribution in [2.45, 2.75) is 105 Å². The highest BCUT2D eigenvalue weighted by Gasteiger charge is 2.28. The molecule has 0 heterocycles. The molecule has 0 aromatic heterocycles. The van der Waals surface area contributed by atoms with Crippen LogP contribution in [0.3, 0.4) is 0 Å². The Balaban J connectivity index is 4.56. The summed E-state index contributed by atoms with van der Waals surface area (Å²) < 4.78 is 0. The van der Waals surface area contributed by atoms with E-state index >= 15 is 0 Å². The summed E-state index contributed by atoms with van der Waals surface area (Å²) in [4.78, 5) is 14.7. The number of unbranched alkanes of at least 4 members (excludes halogenated alkanes) is 5. The number of carbonyl (C=O) groups excluding carboxylic acids is 1. The van der Waals surface area contributed by atoms with Gasteiger partial charge in [0.05, 0.1) is 0 Å². The zero-order valence-electron chi connectivity index (χ0n) is 16.0. The molecule has 0 radical (unpaired) electrons. The van der Waals surface area contributed by atoms with Crippen molar-refractivity contribution in [3.05, 3.63) is 0 Å². The third-order valence-corrected chi connectivity index (χ3v) is 4.82. The van der Waals surface area contributed by atoms with E-state index in [0.717, 1.165) is 25.9 Å². The van der Waals surface area contributed by atoms with E-state index in [1.807, 2.05) is 4.90 Å². The van der Waals surface area contributed by atoms with Gasteiger partial charge in [-0.1, -0.05) is 72.6 Å². The zero-order valence-corrected chi connectivity index (χ0v) is 16.0. The molecule has 2 nitrogen and oxygen atoms in total. The number of nitrogens with zero attached hydrogens (tertiary/aromatic N) is 1. The zero-order chi connectivity index (χ0) is 16.8. The van der Waals surface area contributed by atoms with Crippen molar-refractivity contribution in [2.75, 3.05) is 13.1 Å². The summed E-state index contributed by atoms with van der Waals surface area (Å²) in [5.74, 6) is 0.374. The largest absolute Gasteiger partial charge is 0.343 e. The summed E-state index contributed by atoms with van der Waals surface area (Å²) in [5.41, 5.74) is 0.209. The normalized spacial score (nSPS) is 13.9. The fourth-order valence-electron chi connectivity index (χ4n) is 3.29. The van der Waals surface area contributed by atoms with Crippen LogP contribution in [-0.4, -0.2) is 23.9 Å². The van der Waals surface area contributed by atoms with E-state index in [1.165, 1.54) is 57.8 Å². The van der Waals surface area contributed by atoms with Crippen molar-refractivity contribution in [1.29, 1.82) is 0 Å². The Bertz CT molecular complexity index is 277. The molecule has 0 aromatic carbocycles. The average Bonchev–Trinajstić information content (AvgIpc) is 2.49.